The van der Waals surface area contributed by atoms with E-state index in [9.17, 15) is 9.59 Å². The molecule has 0 aromatic rings. The van der Waals surface area contributed by atoms with E-state index in [0.29, 0.717) is 38.8 Å². The lowest BCUT2D eigenvalue weighted by atomic mass is 10.2. The Kier molecular flexibility index (Phi) is 11.0. The third-order valence-corrected chi connectivity index (χ3v) is 2.68. The van der Waals surface area contributed by atoms with E-state index >= 15 is 0 Å². The monoisotopic (exact) mass is 288 g/mol. The number of rotatable bonds is 12. The predicted molar refractivity (Wildman–Crippen MR) is 77.7 cm³/mol. The highest BCUT2D eigenvalue weighted by atomic mass is 16.5. The summed E-state index contributed by atoms with van der Waals surface area (Å²) in [7, 11) is 0. The molecule has 20 heavy (non-hydrogen) atoms. The molecule has 0 bridgehead atoms. The molecule has 0 atom stereocenters. The Morgan fingerprint density at radius 3 is 2.55 bits per heavy atom. The van der Waals surface area contributed by atoms with Crippen molar-refractivity contribution in [2.45, 2.75) is 33.6 Å². The molecule has 0 saturated heterocycles. The number of nitrogens with zero attached hydrogens (tertiary/aromatic N) is 1. The Balaban J connectivity index is 4.07. The zero-order valence-corrected chi connectivity index (χ0v) is 12.9. The summed E-state index contributed by atoms with van der Waals surface area (Å²) in [6.45, 7) is 9.24. The first kappa shape index (κ1) is 18.9. The van der Waals surface area contributed by atoms with Gasteiger partial charge in [-0.3, -0.25) is 14.5 Å². The van der Waals surface area contributed by atoms with Gasteiger partial charge in [-0.15, -0.1) is 0 Å². The minimum atomic E-state index is -0.845. The van der Waals surface area contributed by atoms with Crippen molar-refractivity contribution in [1.29, 1.82) is 0 Å². The maximum atomic E-state index is 11.8. The van der Waals surface area contributed by atoms with Crippen LogP contribution in [0.2, 0.25) is 0 Å². The molecule has 0 fully saturated rings. The highest BCUT2D eigenvalue weighted by molar-refractivity contribution is 5.78. The molecule has 118 valence electrons. The molecule has 0 saturated carbocycles. The minimum absolute atomic E-state index is 0.0477. The summed E-state index contributed by atoms with van der Waals surface area (Å²) in [5.41, 5.74) is 0. The van der Waals surface area contributed by atoms with E-state index in [2.05, 4.69) is 5.32 Å². The van der Waals surface area contributed by atoms with Crippen molar-refractivity contribution < 1.29 is 19.4 Å². The Labute approximate surface area is 121 Å². The van der Waals surface area contributed by atoms with E-state index in [-0.39, 0.29) is 18.9 Å². The van der Waals surface area contributed by atoms with Crippen LogP contribution >= 0.6 is 0 Å². The zero-order chi connectivity index (χ0) is 15.4. The van der Waals surface area contributed by atoms with Crippen LogP contribution in [-0.2, 0) is 14.3 Å². The van der Waals surface area contributed by atoms with Gasteiger partial charge >= 0.3 is 5.97 Å². The lowest BCUT2D eigenvalue weighted by Crippen LogP contribution is -2.40. The number of aliphatic carboxylic acids is 1. The van der Waals surface area contributed by atoms with Crippen molar-refractivity contribution >= 4 is 11.9 Å². The maximum Gasteiger partial charge on any atom is 0.304 e. The Morgan fingerprint density at radius 1 is 1.30 bits per heavy atom. The average Bonchev–Trinajstić information content (AvgIpc) is 2.38. The third-order valence-electron chi connectivity index (χ3n) is 2.68. The standard InChI is InChI=1S/C14H28N2O4/c1-4-20-9-5-7-16(8-6-14(18)19)11-13(17)15-10-12(2)3/h12H,4-11H2,1-3H3,(H,15,17)(H,18,19). The zero-order valence-electron chi connectivity index (χ0n) is 12.9. The summed E-state index contributed by atoms with van der Waals surface area (Å²) < 4.78 is 5.25. The van der Waals surface area contributed by atoms with Crippen molar-refractivity contribution in [2.75, 3.05) is 39.4 Å². The first-order chi connectivity index (χ1) is 9.45. The van der Waals surface area contributed by atoms with Crippen LogP contribution in [0.4, 0.5) is 0 Å². The Morgan fingerprint density at radius 2 is 2.00 bits per heavy atom. The molecule has 0 aromatic heterocycles. The molecule has 6 heteroatoms. The summed E-state index contributed by atoms with van der Waals surface area (Å²) in [5, 5.41) is 11.6. The first-order valence-electron chi connectivity index (χ1n) is 7.24. The van der Waals surface area contributed by atoms with Crippen molar-refractivity contribution in [1.82, 2.24) is 10.2 Å². The lowest BCUT2D eigenvalue weighted by molar-refractivity contribution is -0.137. The number of amides is 1. The van der Waals surface area contributed by atoms with Crippen LogP contribution in [0, 0.1) is 5.92 Å². The molecule has 0 aliphatic rings. The number of hydrogen-bond acceptors (Lipinski definition) is 4. The predicted octanol–water partition coefficient (Wildman–Crippen LogP) is 0.962. The van der Waals surface area contributed by atoms with Gasteiger partial charge in [-0.05, 0) is 19.3 Å². The topological polar surface area (TPSA) is 78.9 Å². The number of carboxylic acid groups (broad SMARTS) is 1. The fourth-order valence-corrected chi connectivity index (χ4v) is 1.64. The smallest absolute Gasteiger partial charge is 0.304 e. The number of nitrogens with one attached hydrogen (secondary N) is 1. The van der Waals surface area contributed by atoms with Gasteiger partial charge in [-0.25, -0.2) is 0 Å². The van der Waals surface area contributed by atoms with Crippen LogP contribution in [0.25, 0.3) is 0 Å². The molecule has 2 N–H and O–H groups in total. The van der Waals surface area contributed by atoms with Gasteiger partial charge in [0, 0.05) is 32.8 Å². The minimum Gasteiger partial charge on any atom is -0.481 e. The van der Waals surface area contributed by atoms with Crippen LogP contribution in [-0.4, -0.2) is 61.3 Å². The number of carbonyl (C=O) groups is 2. The summed E-state index contributed by atoms with van der Waals surface area (Å²) in [4.78, 5) is 24.3. The quantitative estimate of drug-likeness (QED) is 0.523. The van der Waals surface area contributed by atoms with Gasteiger partial charge in [0.2, 0.25) is 5.91 Å². The van der Waals surface area contributed by atoms with E-state index in [4.69, 9.17) is 9.84 Å². The second-order valence-corrected chi connectivity index (χ2v) is 5.17. The third kappa shape index (κ3) is 11.9. The van der Waals surface area contributed by atoms with Crippen LogP contribution in [0.1, 0.15) is 33.6 Å². The summed E-state index contributed by atoms with van der Waals surface area (Å²) in [6.07, 6.45) is 0.844. The molecule has 0 aromatic carbocycles. The van der Waals surface area contributed by atoms with Gasteiger partial charge in [0.25, 0.3) is 0 Å². The molecular formula is C14H28N2O4. The average molecular weight is 288 g/mol. The highest BCUT2D eigenvalue weighted by Crippen LogP contribution is 1.96. The number of hydrogen-bond donors (Lipinski definition) is 2. The van der Waals surface area contributed by atoms with Crippen LogP contribution in [0.15, 0.2) is 0 Å². The fraction of sp³-hybridized carbons (Fsp3) is 0.857. The van der Waals surface area contributed by atoms with E-state index in [1.165, 1.54) is 0 Å². The molecule has 0 heterocycles. The van der Waals surface area contributed by atoms with E-state index < -0.39 is 5.97 Å². The SMILES string of the molecule is CCOCCCN(CCC(=O)O)CC(=O)NCC(C)C. The molecule has 1 amide bonds. The van der Waals surface area contributed by atoms with E-state index in [1.54, 1.807) is 0 Å². The van der Waals surface area contributed by atoms with Crippen LogP contribution in [0.3, 0.4) is 0 Å². The number of carbonyl (C=O) groups excluding carboxylic acids is 1. The highest BCUT2D eigenvalue weighted by Gasteiger charge is 2.12. The molecule has 0 spiro atoms. The number of ether oxygens (including phenoxy) is 1. The van der Waals surface area contributed by atoms with Gasteiger partial charge in [-0.1, -0.05) is 13.8 Å². The lowest BCUT2D eigenvalue weighted by Gasteiger charge is -2.21. The first-order valence-corrected chi connectivity index (χ1v) is 7.24. The van der Waals surface area contributed by atoms with Gasteiger partial charge < -0.3 is 15.2 Å². The van der Waals surface area contributed by atoms with E-state index in [0.717, 1.165) is 6.42 Å². The molecule has 0 unspecified atom stereocenters. The summed E-state index contributed by atoms with van der Waals surface area (Å²) >= 11 is 0. The van der Waals surface area contributed by atoms with Crippen molar-refractivity contribution in [3.8, 4) is 0 Å². The molecule has 0 rings (SSSR count). The molecule has 0 aliphatic heterocycles. The van der Waals surface area contributed by atoms with Gasteiger partial charge in [0.15, 0.2) is 0 Å². The second-order valence-electron chi connectivity index (χ2n) is 5.17. The molecule has 0 radical (unpaired) electrons. The molecule has 0 aliphatic carbocycles. The normalized spacial score (nSPS) is 11.1. The Bertz CT molecular complexity index is 282. The largest absolute Gasteiger partial charge is 0.481 e. The second kappa shape index (κ2) is 11.7. The van der Waals surface area contributed by atoms with Gasteiger partial charge in [0.05, 0.1) is 13.0 Å². The maximum absolute atomic E-state index is 11.8. The van der Waals surface area contributed by atoms with Gasteiger partial charge in [0.1, 0.15) is 0 Å². The van der Waals surface area contributed by atoms with Crippen LogP contribution < -0.4 is 5.32 Å². The van der Waals surface area contributed by atoms with Crippen molar-refractivity contribution in [3.05, 3.63) is 0 Å². The van der Waals surface area contributed by atoms with E-state index in [1.807, 2.05) is 25.7 Å². The molecular weight excluding hydrogens is 260 g/mol. The van der Waals surface area contributed by atoms with Crippen molar-refractivity contribution in [2.24, 2.45) is 5.92 Å². The fourth-order valence-electron chi connectivity index (χ4n) is 1.64. The number of carboxylic acids is 1. The van der Waals surface area contributed by atoms with Crippen molar-refractivity contribution in [3.63, 3.8) is 0 Å². The Hall–Kier alpha value is -1.14. The summed E-state index contributed by atoms with van der Waals surface area (Å²) in [6, 6.07) is 0. The summed E-state index contributed by atoms with van der Waals surface area (Å²) in [5.74, 6) is -0.493. The van der Waals surface area contributed by atoms with Crippen LogP contribution in [0.5, 0.6) is 0 Å². The molecule has 6 nitrogen and oxygen atoms in total. The van der Waals surface area contributed by atoms with Gasteiger partial charge in [-0.2, -0.15) is 0 Å².